The van der Waals surface area contributed by atoms with Gasteiger partial charge in [-0.05, 0) is 43.7 Å². The summed E-state index contributed by atoms with van der Waals surface area (Å²) in [6.07, 6.45) is 1.73. The molecule has 1 atom stereocenters. The van der Waals surface area contributed by atoms with Gasteiger partial charge in [0.1, 0.15) is 11.8 Å². The quantitative estimate of drug-likeness (QED) is 0.461. The molecule has 3 aromatic rings. The van der Waals surface area contributed by atoms with E-state index in [1.54, 1.807) is 36.6 Å². The first-order valence-corrected chi connectivity index (χ1v) is 12.2. The standard InChI is InChI=1S/C27H26N4O4S/c1-5-34-26(33)23-17(2)29-27-31(24(23)18-10-12-20(13-11-18)30(3)4)25(32)22(36-27)16-19-8-6-7-9-21(19)35-15-14-28/h6-13,16,24H,5,15H2,1-4H3/b22-16-/t24-/m0/s1. The molecule has 0 spiro atoms. The van der Waals surface area contributed by atoms with Crippen LogP contribution in [0.4, 0.5) is 5.69 Å². The fraction of sp³-hybridized carbons (Fsp3) is 0.259. The Hall–Kier alpha value is -4.16. The minimum Gasteiger partial charge on any atom is -0.478 e. The SMILES string of the molecule is CCOC(=O)C1=C(C)N=c2s/c(=C\c3ccccc3OCC#N)c(=O)n2[C@H]1c1ccc(N(C)C)cc1. The van der Waals surface area contributed by atoms with Crippen LogP contribution in [0.2, 0.25) is 0 Å². The van der Waals surface area contributed by atoms with Crippen molar-refractivity contribution in [2.24, 2.45) is 4.99 Å². The first-order valence-electron chi connectivity index (χ1n) is 11.4. The summed E-state index contributed by atoms with van der Waals surface area (Å²) < 4.78 is 12.9. The lowest BCUT2D eigenvalue weighted by atomic mass is 9.95. The van der Waals surface area contributed by atoms with Crippen molar-refractivity contribution in [1.29, 1.82) is 5.26 Å². The number of carbonyl (C=O) groups is 1. The van der Waals surface area contributed by atoms with Gasteiger partial charge in [0.05, 0.1) is 28.5 Å². The Labute approximate surface area is 212 Å². The molecule has 0 N–H and O–H groups in total. The topological polar surface area (TPSA) is 96.9 Å². The van der Waals surface area contributed by atoms with E-state index in [1.165, 1.54) is 11.3 Å². The van der Waals surface area contributed by atoms with Gasteiger partial charge in [0.15, 0.2) is 11.4 Å². The monoisotopic (exact) mass is 502 g/mol. The van der Waals surface area contributed by atoms with Crippen LogP contribution in [0, 0.1) is 11.3 Å². The van der Waals surface area contributed by atoms with Gasteiger partial charge in [-0.25, -0.2) is 9.79 Å². The molecule has 0 fully saturated rings. The molecule has 184 valence electrons. The molecule has 4 rings (SSSR count). The molecule has 1 aliphatic rings. The van der Waals surface area contributed by atoms with Crippen molar-refractivity contribution in [3.63, 3.8) is 0 Å². The van der Waals surface area contributed by atoms with Crippen LogP contribution in [0.5, 0.6) is 5.75 Å². The molecule has 9 heteroatoms. The van der Waals surface area contributed by atoms with Crippen molar-refractivity contribution < 1.29 is 14.3 Å². The van der Waals surface area contributed by atoms with Gasteiger partial charge >= 0.3 is 5.97 Å². The number of hydrogen-bond acceptors (Lipinski definition) is 8. The van der Waals surface area contributed by atoms with Gasteiger partial charge in [0.2, 0.25) is 0 Å². The largest absolute Gasteiger partial charge is 0.478 e. The summed E-state index contributed by atoms with van der Waals surface area (Å²) in [5.41, 5.74) is 3.03. The molecular weight excluding hydrogens is 476 g/mol. The molecule has 0 saturated carbocycles. The minimum absolute atomic E-state index is 0.100. The van der Waals surface area contributed by atoms with E-state index in [1.807, 2.05) is 61.5 Å². The summed E-state index contributed by atoms with van der Waals surface area (Å²) in [5, 5.41) is 8.89. The predicted molar refractivity (Wildman–Crippen MR) is 139 cm³/mol. The fourth-order valence-electron chi connectivity index (χ4n) is 4.04. The summed E-state index contributed by atoms with van der Waals surface area (Å²) in [6, 6.07) is 16.2. The second-order valence-electron chi connectivity index (χ2n) is 8.27. The van der Waals surface area contributed by atoms with Crippen LogP contribution in [0.25, 0.3) is 6.08 Å². The Morgan fingerprint density at radius 2 is 1.94 bits per heavy atom. The second-order valence-corrected chi connectivity index (χ2v) is 9.28. The normalized spacial score (nSPS) is 15.1. The number of ether oxygens (including phenoxy) is 2. The maximum Gasteiger partial charge on any atom is 0.338 e. The van der Waals surface area contributed by atoms with Gasteiger partial charge < -0.3 is 14.4 Å². The zero-order valence-electron chi connectivity index (χ0n) is 20.5. The van der Waals surface area contributed by atoms with Crippen LogP contribution < -0.4 is 24.5 Å². The first-order chi connectivity index (χ1) is 17.3. The zero-order chi connectivity index (χ0) is 25.8. The fourth-order valence-corrected chi connectivity index (χ4v) is 5.08. The van der Waals surface area contributed by atoms with Crippen LogP contribution in [-0.2, 0) is 9.53 Å². The number of anilines is 1. The van der Waals surface area contributed by atoms with Gasteiger partial charge in [-0.15, -0.1) is 0 Å². The summed E-state index contributed by atoms with van der Waals surface area (Å²) in [5.74, 6) is 0.00840. The van der Waals surface area contributed by atoms with Gasteiger partial charge in [0.25, 0.3) is 5.56 Å². The third-order valence-electron chi connectivity index (χ3n) is 5.74. The van der Waals surface area contributed by atoms with E-state index in [0.717, 1.165) is 11.3 Å². The molecule has 2 aromatic carbocycles. The highest BCUT2D eigenvalue weighted by Gasteiger charge is 2.33. The average molecular weight is 503 g/mol. The van der Waals surface area contributed by atoms with Crippen molar-refractivity contribution in [1.82, 2.24) is 4.57 Å². The Bertz CT molecular complexity index is 1540. The van der Waals surface area contributed by atoms with Gasteiger partial charge in [-0.2, -0.15) is 5.26 Å². The number of benzene rings is 2. The van der Waals surface area contributed by atoms with Crippen molar-refractivity contribution in [3.05, 3.63) is 90.6 Å². The third kappa shape index (κ3) is 4.81. The number of aromatic nitrogens is 1. The Morgan fingerprint density at radius 1 is 1.22 bits per heavy atom. The predicted octanol–water partition coefficient (Wildman–Crippen LogP) is 2.77. The lowest BCUT2D eigenvalue weighted by Crippen LogP contribution is -2.40. The van der Waals surface area contributed by atoms with Crippen LogP contribution in [0.3, 0.4) is 0 Å². The zero-order valence-corrected chi connectivity index (χ0v) is 21.3. The number of para-hydroxylation sites is 1. The number of thiazole rings is 1. The summed E-state index contributed by atoms with van der Waals surface area (Å²) in [7, 11) is 3.90. The van der Waals surface area contributed by atoms with E-state index in [9.17, 15) is 9.59 Å². The maximum atomic E-state index is 13.7. The Kier molecular flexibility index (Phi) is 7.36. The highest BCUT2D eigenvalue weighted by Crippen LogP contribution is 2.31. The molecule has 2 heterocycles. The van der Waals surface area contributed by atoms with E-state index in [-0.39, 0.29) is 18.8 Å². The number of allylic oxidation sites excluding steroid dienone is 1. The summed E-state index contributed by atoms with van der Waals surface area (Å²) >= 11 is 1.24. The molecule has 0 saturated heterocycles. The molecule has 0 aliphatic carbocycles. The molecule has 1 aliphatic heterocycles. The van der Waals surface area contributed by atoms with Gasteiger partial charge in [0, 0.05) is 25.3 Å². The van der Waals surface area contributed by atoms with Crippen molar-refractivity contribution in [2.45, 2.75) is 19.9 Å². The molecule has 36 heavy (non-hydrogen) atoms. The highest BCUT2D eigenvalue weighted by atomic mass is 32.1. The third-order valence-corrected chi connectivity index (χ3v) is 6.72. The van der Waals surface area contributed by atoms with E-state index < -0.39 is 12.0 Å². The molecule has 0 bridgehead atoms. The van der Waals surface area contributed by atoms with Crippen LogP contribution >= 0.6 is 11.3 Å². The molecule has 8 nitrogen and oxygen atoms in total. The Morgan fingerprint density at radius 3 is 2.61 bits per heavy atom. The van der Waals surface area contributed by atoms with Crippen LogP contribution in [-0.4, -0.2) is 37.8 Å². The number of hydrogen-bond donors (Lipinski definition) is 0. The van der Waals surface area contributed by atoms with Crippen molar-refractivity contribution >= 4 is 29.1 Å². The number of rotatable bonds is 7. The van der Waals surface area contributed by atoms with E-state index in [2.05, 4.69) is 4.99 Å². The summed E-state index contributed by atoms with van der Waals surface area (Å²) in [6.45, 7) is 3.62. The smallest absolute Gasteiger partial charge is 0.338 e. The molecule has 0 radical (unpaired) electrons. The number of nitriles is 1. The lowest BCUT2D eigenvalue weighted by molar-refractivity contribution is -0.139. The second kappa shape index (κ2) is 10.6. The number of fused-ring (bicyclic) bond motifs is 1. The van der Waals surface area contributed by atoms with E-state index >= 15 is 0 Å². The molecule has 1 aromatic heterocycles. The van der Waals surface area contributed by atoms with E-state index in [0.29, 0.717) is 31.9 Å². The number of nitrogens with zero attached hydrogens (tertiary/aromatic N) is 4. The lowest BCUT2D eigenvalue weighted by Gasteiger charge is -2.25. The first kappa shape index (κ1) is 24.9. The van der Waals surface area contributed by atoms with Crippen LogP contribution in [0.1, 0.15) is 31.0 Å². The maximum absolute atomic E-state index is 13.7. The number of carbonyl (C=O) groups excluding carboxylic acids is 1. The molecular formula is C27H26N4O4S. The molecule has 0 unspecified atom stereocenters. The highest BCUT2D eigenvalue weighted by molar-refractivity contribution is 7.07. The van der Waals surface area contributed by atoms with E-state index in [4.69, 9.17) is 14.7 Å². The van der Waals surface area contributed by atoms with Crippen LogP contribution in [0.15, 0.2) is 69.6 Å². The summed E-state index contributed by atoms with van der Waals surface area (Å²) in [4.78, 5) is 33.8. The minimum atomic E-state index is -0.677. The van der Waals surface area contributed by atoms with Crippen molar-refractivity contribution in [3.8, 4) is 11.8 Å². The van der Waals surface area contributed by atoms with Crippen molar-refractivity contribution in [2.75, 3.05) is 32.2 Å². The average Bonchev–Trinajstić information content (AvgIpc) is 3.17. The number of esters is 1. The Balaban J connectivity index is 1.91. The molecule has 0 amide bonds. The van der Waals surface area contributed by atoms with Gasteiger partial charge in [-0.1, -0.05) is 41.7 Å². The van der Waals surface area contributed by atoms with Gasteiger partial charge in [-0.3, -0.25) is 9.36 Å².